The van der Waals surface area contributed by atoms with E-state index in [9.17, 15) is 9.59 Å². The summed E-state index contributed by atoms with van der Waals surface area (Å²) < 4.78 is 5.01. The summed E-state index contributed by atoms with van der Waals surface area (Å²) >= 11 is 0. The predicted molar refractivity (Wildman–Crippen MR) is 51.2 cm³/mol. The zero-order chi connectivity index (χ0) is 11.6. The number of likely N-dealkylation sites (tertiary alicyclic amines) is 1. The van der Waals surface area contributed by atoms with Crippen LogP contribution >= 0.6 is 0 Å². The molecule has 0 aliphatic carbocycles. The lowest BCUT2D eigenvalue weighted by Gasteiger charge is -2.22. The van der Waals surface area contributed by atoms with E-state index in [1.165, 1.54) is 0 Å². The van der Waals surface area contributed by atoms with Crippen LogP contribution in [0.2, 0.25) is 0 Å². The van der Waals surface area contributed by atoms with Crippen molar-refractivity contribution in [3.8, 4) is 0 Å². The van der Waals surface area contributed by atoms with E-state index >= 15 is 0 Å². The minimum Gasteiger partial charge on any atom is -0.443 e. The van der Waals surface area contributed by atoms with Gasteiger partial charge in [-0.3, -0.25) is 4.79 Å². The maximum atomic E-state index is 11.5. The van der Waals surface area contributed by atoms with Crippen molar-refractivity contribution in [1.29, 1.82) is 0 Å². The molecule has 1 saturated heterocycles. The summed E-state index contributed by atoms with van der Waals surface area (Å²) in [4.78, 5) is 26.6. The van der Waals surface area contributed by atoms with Crippen LogP contribution in [0.25, 0.3) is 5.53 Å². The molecule has 15 heavy (non-hydrogen) atoms. The van der Waals surface area contributed by atoms with E-state index in [0.717, 1.165) is 4.90 Å². The van der Waals surface area contributed by atoms with Gasteiger partial charge in [0.05, 0.1) is 6.42 Å². The van der Waals surface area contributed by atoms with Gasteiger partial charge in [-0.25, -0.2) is 9.69 Å². The maximum absolute atomic E-state index is 11.5. The molecule has 1 fully saturated rings. The van der Waals surface area contributed by atoms with Crippen molar-refractivity contribution in [1.82, 2.24) is 4.90 Å². The third-order valence-electron chi connectivity index (χ3n) is 1.80. The van der Waals surface area contributed by atoms with E-state index in [4.69, 9.17) is 10.3 Å². The molecule has 1 aliphatic heterocycles. The summed E-state index contributed by atoms with van der Waals surface area (Å²) in [7, 11) is 0. The number of carbonyl (C=O) groups is 2. The molecule has 0 saturated carbocycles. The van der Waals surface area contributed by atoms with Gasteiger partial charge in [0.1, 0.15) is 5.60 Å². The summed E-state index contributed by atoms with van der Waals surface area (Å²) in [5.74, 6) is -0.591. The minimum absolute atomic E-state index is 0.0131. The molecule has 6 nitrogen and oxygen atoms in total. The van der Waals surface area contributed by atoms with Gasteiger partial charge in [-0.05, 0) is 20.8 Å². The summed E-state index contributed by atoms with van der Waals surface area (Å²) in [6.07, 6.45) is -0.444. The average Bonchev–Trinajstić information content (AvgIpc) is 2.43. The molecular weight excluding hydrogens is 198 g/mol. The molecule has 1 rings (SSSR count). The molecule has 0 aromatic carbocycles. The number of nitrogens with zero attached hydrogens (tertiary/aromatic N) is 3. The number of amides is 2. The Labute approximate surface area is 87.4 Å². The maximum Gasteiger partial charge on any atom is 0.417 e. The third-order valence-corrected chi connectivity index (χ3v) is 1.80. The molecule has 6 heteroatoms. The SMILES string of the molecule is CC(C)(C)OC(=O)N1CCC(=[N+]=[N-])C1=O. The van der Waals surface area contributed by atoms with Crippen molar-refractivity contribution in [3.05, 3.63) is 5.53 Å². The van der Waals surface area contributed by atoms with Gasteiger partial charge in [0.15, 0.2) is 0 Å². The normalized spacial score (nSPS) is 16.6. The molecule has 0 unspecified atom stereocenters. The Morgan fingerprint density at radius 1 is 1.53 bits per heavy atom. The molecule has 0 aromatic heterocycles. The van der Waals surface area contributed by atoms with Gasteiger partial charge < -0.3 is 10.3 Å². The molecule has 1 aliphatic rings. The van der Waals surface area contributed by atoms with Crippen LogP contribution in [-0.4, -0.2) is 39.5 Å². The van der Waals surface area contributed by atoms with E-state index in [1.807, 2.05) is 0 Å². The van der Waals surface area contributed by atoms with Crippen molar-refractivity contribution in [2.45, 2.75) is 32.8 Å². The second-order valence-corrected chi connectivity index (χ2v) is 4.23. The summed E-state index contributed by atoms with van der Waals surface area (Å²) in [6.45, 7) is 5.35. The Hall–Kier alpha value is -1.68. The van der Waals surface area contributed by atoms with Crippen molar-refractivity contribution in [2.24, 2.45) is 0 Å². The highest BCUT2D eigenvalue weighted by molar-refractivity contribution is 6.40. The van der Waals surface area contributed by atoms with Crippen molar-refractivity contribution >= 4 is 17.7 Å². The quantitative estimate of drug-likeness (QED) is 0.439. The lowest BCUT2D eigenvalue weighted by molar-refractivity contribution is -0.125. The predicted octanol–water partition coefficient (Wildman–Crippen LogP) is 0.825. The van der Waals surface area contributed by atoms with E-state index in [0.29, 0.717) is 0 Å². The summed E-state index contributed by atoms with van der Waals surface area (Å²) in [6, 6.07) is 0. The van der Waals surface area contributed by atoms with Crippen molar-refractivity contribution < 1.29 is 19.1 Å². The van der Waals surface area contributed by atoms with E-state index in [-0.39, 0.29) is 18.7 Å². The fraction of sp³-hybridized carbons (Fsp3) is 0.667. The Morgan fingerprint density at radius 2 is 2.13 bits per heavy atom. The highest BCUT2D eigenvalue weighted by Crippen LogP contribution is 2.13. The monoisotopic (exact) mass is 211 g/mol. The number of hydrogen-bond donors (Lipinski definition) is 0. The van der Waals surface area contributed by atoms with Crippen LogP contribution in [0.3, 0.4) is 0 Å². The third kappa shape index (κ3) is 2.63. The molecule has 82 valence electrons. The van der Waals surface area contributed by atoms with Gasteiger partial charge in [0.25, 0.3) is 0 Å². The Balaban J connectivity index is 2.72. The van der Waals surface area contributed by atoms with E-state index in [1.54, 1.807) is 20.8 Å². The van der Waals surface area contributed by atoms with Gasteiger partial charge in [0, 0.05) is 6.54 Å². The topological polar surface area (TPSA) is 83.0 Å². The fourth-order valence-corrected chi connectivity index (χ4v) is 1.17. The molecule has 0 radical (unpaired) electrons. The van der Waals surface area contributed by atoms with Crippen molar-refractivity contribution in [3.63, 3.8) is 0 Å². The molecule has 0 spiro atoms. The lowest BCUT2D eigenvalue weighted by Crippen LogP contribution is -2.38. The fourth-order valence-electron chi connectivity index (χ4n) is 1.17. The zero-order valence-electron chi connectivity index (χ0n) is 8.98. The van der Waals surface area contributed by atoms with Crippen LogP contribution in [0.1, 0.15) is 27.2 Å². The van der Waals surface area contributed by atoms with Gasteiger partial charge in [-0.2, -0.15) is 4.79 Å². The first kappa shape index (κ1) is 11.4. The molecule has 0 atom stereocenters. The Morgan fingerprint density at radius 3 is 2.53 bits per heavy atom. The molecule has 0 bridgehead atoms. The number of hydrogen-bond acceptors (Lipinski definition) is 3. The van der Waals surface area contributed by atoms with Crippen molar-refractivity contribution in [2.75, 3.05) is 6.54 Å². The Kier molecular flexibility index (Phi) is 2.90. The zero-order valence-corrected chi connectivity index (χ0v) is 8.98. The molecule has 2 amide bonds. The van der Waals surface area contributed by atoms with Crippen LogP contribution in [0, 0.1) is 0 Å². The number of ether oxygens (including phenoxy) is 1. The van der Waals surface area contributed by atoms with Crippen LogP contribution in [0.4, 0.5) is 4.79 Å². The number of imide groups is 1. The number of carbonyl (C=O) groups excluding carboxylic acids is 2. The second kappa shape index (κ2) is 3.82. The average molecular weight is 211 g/mol. The molecule has 1 heterocycles. The second-order valence-electron chi connectivity index (χ2n) is 4.23. The smallest absolute Gasteiger partial charge is 0.417 e. The largest absolute Gasteiger partial charge is 0.443 e. The number of rotatable bonds is 0. The molecule has 0 aromatic rings. The first-order chi connectivity index (χ1) is 6.85. The van der Waals surface area contributed by atoms with Gasteiger partial charge in [0.2, 0.25) is 0 Å². The van der Waals surface area contributed by atoms with Gasteiger partial charge in [-0.1, -0.05) is 0 Å². The summed E-state index contributed by atoms with van der Waals surface area (Å²) in [5, 5.41) is 0. The van der Waals surface area contributed by atoms with Gasteiger partial charge >= 0.3 is 17.7 Å². The summed E-state index contributed by atoms with van der Waals surface area (Å²) in [5.41, 5.74) is 7.80. The minimum atomic E-state index is -0.703. The standard InChI is InChI=1S/C9H13N3O3/c1-9(2,3)15-8(14)12-5-4-6(11-10)7(12)13/h4-5H2,1-3H3. The highest BCUT2D eigenvalue weighted by atomic mass is 16.6. The van der Waals surface area contributed by atoms with E-state index < -0.39 is 17.6 Å². The molecule has 0 N–H and O–H groups in total. The van der Waals surface area contributed by atoms with Crippen LogP contribution < -0.4 is 0 Å². The Bertz CT molecular complexity index is 350. The van der Waals surface area contributed by atoms with E-state index in [2.05, 4.69) is 4.79 Å². The van der Waals surface area contributed by atoms with Crippen LogP contribution in [-0.2, 0) is 9.53 Å². The highest BCUT2D eigenvalue weighted by Gasteiger charge is 2.40. The lowest BCUT2D eigenvalue weighted by atomic mass is 10.2. The first-order valence-corrected chi connectivity index (χ1v) is 4.61. The van der Waals surface area contributed by atoms with Gasteiger partial charge in [-0.15, -0.1) is 0 Å². The van der Waals surface area contributed by atoms with Crippen LogP contribution in [0.5, 0.6) is 0 Å². The van der Waals surface area contributed by atoms with Crippen LogP contribution in [0.15, 0.2) is 0 Å². The first-order valence-electron chi connectivity index (χ1n) is 4.61. The molecular formula is C9H13N3O3.